The van der Waals surface area contributed by atoms with Crippen molar-refractivity contribution in [3.8, 4) is 0 Å². The van der Waals surface area contributed by atoms with E-state index in [4.69, 9.17) is 0 Å². The molecule has 0 saturated carbocycles. The smallest absolute Gasteiger partial charge is 0.194 e. The van der Waals surface area contributed by atoms with Crippen molar-refractivity contribution in [2.45, 2.75) is 25.9 Å². The zero-order valence-electron chi connectivity index (χ0n) is 14.9. The zero-order valence-corrected chi connectivity index (χ0v) is 14.9. The monoisotopic (exact) mass is 386 g/mol. The molecular weight excluding hydrogens is 369 g/mol. The highest BCUT2D eigenvalue weighted by atomic mass is 19.2. The Balaban J connectivity index is 1.46. The summed E-state index contributed by atoms with van der Waals surface area (Å²) in [5, 5.41) is 3.27. The van der Waals surface area contributed by atoms with Crippen molar-refractivity contribution in [1.29, 1.82) is 0 Å². The first-order chi connectivity index (χ1) is 13.5. The number of hydrogen-bond donors (Lipinski definition) is 1. The highest BCUT2D eigenvalue weighted by molar-refractivity contribution is 5.95. The summed E-state index contributed by atoms with van der Waals surface area (Å²) in [5.41, 5.74) is 3.50. The second-order valence-corrected chi connectivity index (χ2v) is 6.78. The number of halogens is 3. The number of carbonyl (C=O) groups excluding carboxylic acids is 1. The molecule has 28 heavy (non-hydrogen) atoms. The van der Waals surface area contributed by atoms with Crippen LogP contribution in [0.2, 0.25) is 0 Å². The van der Waals surface area contributed by atoms with Crippen LogP contribution in [-0.2, 0) is 25.9 Å². The maximum Gasteiger partial charge on any atom is 0.194 e. The molecular formula is C20H17F3N4O. The summed E-state index contributed by atoms with van der Waals surface area (Å²) in [4.78, 5) is 20.9. The molecule has 144 valence electrons. The summed E-state index contributed by atoms with van der Waals surface area (Å²) in [6.07, 6.45) is 5.72. The van der Waals surface area contributed by atoms with Crippen molar-refractivity contribution >= 4 is 5.78 Å². The van der Waals surface area contributed by atoms with Gasteiger partial charge in [-0.2, -0.15) is 0 Å². The highest BCUT2D eigenvalue weighted by Gasteiger charge is 2.15. The van der Waals surface area contributed by atoms with Crippen LogP contribution in [-0.4, -0.2) is 26.9 Å². The van der Waals surface area contributed by atoms with Crippen LogP contribution in [0.25, 0.3) is 0 Å². The van der Waals surface area contributed by atoms with E-state index in [0.29, 0.717) is 5.69 Å². The van der Waals surface area contributed by atoms with Gasteiger partial charge in [0.15, 0.2) is 23.2 Å². The molecule has 0 unspecified atom stereocenters. The lowest BCUT2D eigenvalue weighted by Crippen LogP contribution is -2.24. The number of nitrogens with zero attached hydrogens (tertiary/aromatic N) is 3. The first kappa shape index (κ1) is 18.4. The molecule has 3 aromatic rings. The second-order valence-electron chi connectivity index (χ2n) is 6.78. The molecule has 1 aromatic carbocycles. The fourth-order valence-electron chi connectivity index (χ4n) is 3.27. The fourth-order valence-corrected chi connectivity index (χ4v) is 3.27. The van der Waals surface area contributed by atoms with Gasteiger partial charge in [0.1, 0.15) is 5.69 Å². The van der Waals surface area contributed by atoms with E-state index in [1.165, 1.54) is 22.7 Å². The lowest BCUT2D eigenvalue weighted by Gasteiger charge is -2.16. The number of nitrogens with one attached hydrogen (secondary N) is 1. The molecule has 0 atom stereocenters. The molecule has 0 radical (unpaired) electrons. The first-order valence-electron chi connectivity index (χ1n) is 8.85. The first-order valence-corrected chi connectivity index (χ1v) is 8.85. The number of rotatable bonds is 5. The SMILES string of the molecule is O=C(Cc1cc2c(cn1)CNCC2)c1cn(Cc2cc(F)c(F)c(F)c2)cn1. The summed E-state index contributed by atoms with van der Waals surface area (Å²) in [6, 6.07) is 3.80. The van der Waals surface area contributed by atoms with Crippen LogP contribution in [0.3, 0.4) is 0 Å². The van der Waals surface area contributed by atoms with Crippen LogP contribution in [0.15, 0.2) is 36.9 Å². The van der Waals surface area contributed by atoms with Gasteiger partial charge >= 0.3 is 0 Å². The fraction of sp³-hybridized carbons (Fsp3) is 0.250. The predicted molar refractivity (Wildman–Crippen MR) is 95.3 cm³/mol. The predicted octanol–water partition coefficient (Wildman–Crippen LogP) is 2.81. The second kappa shape index (κ2) is 7.55. The Morgan fingerprint density at radius 2 is 1.89 bits per heavy atom. The molecule has 0 spiro atoms. The van der Waals surface area contributed by atoms with Gasteiger partial charge in [-0.3, -0.25) is 9.78 Å². The Hall–Kier alpha value is -3.00. The van der Waals surface area contributed by atoms with Crippen LogP contribution < -0.4 is 5.32 Å². The Kier molecular flexibility index (Phi) is 4.95. The van der Waals surface area contributed by atoms with Crippen LogP contribution >= 0.6 is 0 Å². The van der Waals surface area contributed by atoms with Gasteiger partial charge in [0.2, 0.25) is 0 Å². The molecule has 0 aliphatic carbocycles. The van der Waals surface area contributed by atoms with E-state index in [0.717, 1.165) is 37.2 Å². The van der Waals surface area contributed by atoms with Crippen molar-refractivity contribution < 1.29 is 18.0 Å². The van der Waals surface area contributed by atoms with E-state index in [2.05, 4.69) is 15.3 Å². The average molecular weight is 386 g/mol. The minimum atomic E-state index is -1.50. The number of carbonyl (C=O) groups is 1. The topological polar surface area (TPSA) is 59.8 Å². The van der Waals surface area contributed by atoms with E-state index in [9.17, 15) is 18.0 Å². The van der Waals surface area contributed by atoms with Gasteiger partial charge in [0.25, 0.3) is 0 Å². The highest BCUT2D eigenvalue weighted by Crippen LogP contribution is 2.16. The van der Waals surface area contributed by atoms with E-state index < -0.39 is 17.5 Å². The lowest BCUT2D eigenvalue weighted by atomic mass is 10.0. The normalized spacial score (nSPS) is 13.4. The summed E-state index contributed by atoms with van der Waals surface area (Å²) < 4.78 is 41.2. The van der Waals surface area contributed by atoms with Crippen molar-refractivity contribution in [3.63, 3.8) is 0 Å². The van der Waals surface area contributed by atoms with E-state index >= 15 is 0 Å². The van der Waals surface area contributed by atoms with Crippen LogP contribution in [0.1, 0.15) is 32.9 Å². The number of hydrogen-bond acceptors (Lipinski definition) is 4. The van der Waals surface area contributed by atoms with Crippen molar-refractivity contribution in [3.05, 3.63) is 82.4 Å². The number of pyridine rings is 1. The Morgan fingerprint density at radius 3 is 2.68 bits per heavy atom. The molecule has 0 amide bonds. The number of imidazole rings is 1. The number of Topliss-reactive ketones (excluding diaryl/α,β-unsaturated/α-hetero) is 1. The Labute approximate surface area is 159 Å². The third-order valence-electron chi connectivity index (χ3n) is 4.70. The molecule has 1 aliphatic rings. The minimum Gasteiger partial charge on any atom is -0.332 e. The zero-order chi connectivity index (χ0) is 19.7. The van der Waals surface area contributed by atoms with Crippen LogP contribution in [0, 0.1) is 17.5 Å². The third-order valence-corrected chi connectivity index (χ3v) is 4.70. The van der Waals surface area contributed by atoms with Gasteiger partial charge in [0, 0.05) is 31.2 Å². The lowest BCUT2D eigenvalue weighted by molar-refractivity contribution is 0.0987. The van der Waals surface area contributed by atoms with E-state index in [1.54, 1.807) is 6.20 Å². The Morgan fingerprint density at radius 1 is 1.11 bits per heavy atom. The summed E-state index contributed by atoms with van der Waals surface area (Å²) in [7, 11) is 0. The van der Waals surface area contributed by atoms with Gasteiger partial charge in [-0.05, 0) is 47.9 Å². The minimum absolute atomic E-state index is 0.0680. The average Bonchev–Trinajstić information content (AvgIpc) is 3.14. The van der Waals surface area contributed by atoms with Crippen molar-refractivity contribution in [1.82, 2.24) is 19.9 Å². The molecule has 0 bridgehead atoms. The van der Waals surface area contributed by atoms with Gasteiger partial charge in [-0.25, -0.2) is 18.2 Å². The molecule has 1 aliphatic heterocycles. The molecule has 5 nitrogen and oxygen atoms in total. The molecule has 1 N–H and O–H groups in total. The standard InChI is InChI=1S/C20H17F3N4O/c21-16-3-12(4-17(22)20(16)23)9-27-10-18(26-11-27)19(28)6-15-5-13-1-2-24-7-14(13)8-25-15/h3-5,8,10-11,24H,1-2,6-7,9H2. The van der Waals surface area contributed by atoms with E-state index in [-0.39, 0.29) is 30.0 Å². The van der Waals surface area contributed by atoms with Crippen molar-refractivity contribution in [2.24, 2.45) is 0 Å². The maximum atomic E-state index is 13.3. The quantitative estimate of drug-likeness (QED) is 0.541. The molecule has 2 aromatic heterocycles. The van der Waals surface area contributed by atoms with Gasteiger partial charge in [-0.15, -0.1) is 0 Å². The summed E-state index contributed by atoms with van der Waals surface area (Å²) >= 11 is 0. The molecule has 0 saturated heterocycles. The van der Waals surface area contributed by atoms with Crippen molar-refractivity contribution in [2.75, 3.05) is 6.54 Å². The van der Waals surface area contributed by atoms with Gasteiger partial charge in [0.05, 0.1) is 12.7 Å². The largest absolute Gasteiger partial charge is 0.332 e. The maximum absolute atomic E-state index is 13.3. The molecule has 3 heterocycles. The molecule has 0 fully saturated rings. The van der Waals surface area contributed by atoms with Gasteiger partial charge in [-0.1, -0.05) is 0 Å². The Bertz CT molecular complexity index is 1020. The number of fused-ring (bicyclic) bond motifs is 1. The van der Waals surface area contributed by atoms with E-state index in [1.807, 2.05) is 6.07 Å². The summed E-state index contributed by atoms with van der Waals surface area (Å²) in [6.45, 7) is 1.75. The van der Waals surface area contributed by atoms with Crippen LogP contribution in [0.5, 0.6) is 0 Å². The van der Waals surface area contributed by atoms with Crippen LogP contribution in [0.4, 0.5) is 13.2 Å². The third kappa shape index (κ3) is 3.82. The van der Waals surface area contributed by atoms with Gasteiger partial charge < -0.3 is 9.88 Å². The number of aromatic nitrogens is 3. The number of benzene rings is 1. The summed E-state index contributed by atoms with van der Waals surface area (Å²) in [5.74, 6) is -4.20. The molecule has 4 rings (SSSR count). The molecule has 8 heteroatoms. The number of ketones is 1.